The molecule has 3 rings (SSSR count). The molecule has 0 radical (unpaired) electrons. The van der Waals surface area contributed by atoms with Crippen LogP contribution >= 0.6 is 23.2 Å². The number of carbonyl (C=O) groups is 1. The molecule has 0 saturated carbocycles. The lowest BCUT2D eigenvalue weighted by Crippen LogP contribution is -2.12. The molecule has 0 atom stereocenters. The number of hydrogen-bond donors (Lipinski definition) is 1. The molecular formula is C18H15Cl2N3O2. The summed E-state index contributed by atoms with van der Waals surface area (Å²) in [6.07, 6.45) is 0.571. The first-order valence-electron chi connectivity index (χ1n) is 7.66. The van der Waals surface area contributed by atoms with Crippen molar-refractivity contribution in [2.75, 3.05) is 5.32 Å². The highest BCUT2D eigenvalue weighted by molar-refractivity contribution is 6.42. The summed E-state index contributed by atoms with van der Waals surface area (Å²) < 4.78 is 5.21. The summed E-state index contributed by atoms with van der Waals surface area (Å²) in [5, 5.41) is 7.54. The molecule has 3 aromatic rings. The minimum Gasteiger partial charge on any atom is -0.339 e. The van der Waals surface area contributed by atoms with Crippen molar-refractivity contribution in [3.05, 3.63) is 64.0 Å². The number of anilines is 1. The molecule has 1 N–H and O–H groups in total. The second-order valence-electron chi connectivity index (χ2n) is 5.56. The Morgan fingerprint density at radius 2 is 2.00 bits per heavy atom. The fourth-order valence-electron chi connectivity index (χ4n) is 2.28. The normalized spacial score (nSPS) is 10.7. The highest BCUT2D eigenvalue weighted by atomic mass is 35.5. The number of nitrogens with one attached hydrogen (secondary N) is 1. The van der Waals surface area contributed by atoms with Gasteiger partial charge in [-0.1, -0.05) is 52.1 Å². The molecule has 0 aliphatic rings. The van der Waals surface area contributed by atoms with E-state index in [-0.39, 0.29) is 12.3 Å². The summed E-state index contributed by atoms with van der Waals surface area (Å²) in [5.41, 5.74) is 2.59. The van der Waals surface area contributed by atoms with E-state index in [1.807, 2.05) is 31.2 Å². The Balaban J connectivity index is 1.58. The van der Waals surface area contributed by atoms with Gasteiger partial charge in [0.2, 0.25) is 17.6 Å². The lowest BCUT2D eigenvalue weighted by atomic mass is 10.1. The van der Waals surface area contributed by atoms with E-state index >= 15 is 0 Å². The SMILES string of the molecule is Cc1cccc(-c2noc(CCC(=O)Nc3ccc(Cl)c(Cl)c3)n2)c1. The standard InChI is InChI=1S/C18H15Cl2N3O2/c1-11-3-2-4-12(9-11)18-22-17(25-23-18)8-7-16(24)21-13-5-6-14(19)15(20)10-13/h2-6,9-10H,7-8H2,1H3,(H,21,24). The lowest BCUT2D eigenvalue weighted by Gasteiger charge is -2.05. The topological polar surface area (TPSA) is 68.0 Å². The quantitative estimate of drug-likeness (QED) is 0.686. The minimum atomic E-state index is -0.173. The van der Waals surface area contributed by atoms with Crippen LogP contribution in [0.2, 0.25) is 10.0 Å². The Bertz CT molecular complexity index is 909. The zero-order chi connectivity index (χ0) is 17.8. The molecule has 0 spiro atoms. The Morgan fingerprint density at radius 3 is 2.76 bits per heavy atom. The van der Waals surface area contributed by atoms with Gasteiger partial charge in [0.25, 0.3) is 0 Å². The van der Waals surface area contributed by atoms with Gasteiger partial charge in [0.15, 0.2) is 0 Å². The van der Waals surface area contributed by atoms with Gasteiger partial charge in [0, 0.05) is 24.1 Å². The van der Waals surface area contributed by atoms with E-state index in [1.54, 1.807) is 18.2 Å². The molecule has 0 unspecified atom stereocenters. The summed E-state index contributed by atoms with van der Waals surface area (Å²) in [6, 6.07) is 12.7. The van der Waals surface area contributed by atoms with Crippen LogP contribution in [-0.4, -0.2) is 16.0 Å². The highest BCUT2D eigenvalue weighted by Crippen LogP contribution is 2.25. The molecule has 0 aliphatic heterocycles. The van der Waals surface area contributed by atoms with E-state index in [4.69, 9.17) is 27.7 Å². The first-order valence-corrected chi connectivity index (χ1v) is 8.41. The van der Waals surface area contributed by atoms with Crippen molar-refractivity contribution in [3.8, 4) is 11.4 Å². The number of halogens is 2. The van der Waals surface area contributed by atoms with E-state index in [1.165, 1.54) is 0 Å². The van der Waals surface area contributed by atoms with Crippen LogP contribution in [0.3, 0.4) is 0 Å². The van der Waals surface area contributed by atoms with Crippen LogP contribution in [0, 0.1) is 6.92 Å². The molecule has 1 amide bonds. The second kappa shape index (κ2) is 7.68. The molecule has 1 aromatic heterocycles. The minimum absolute atomic E-state index is 0.173. The third kappa shape index (κ3) is 4.59. The maximum absolute atomic E-state index is 12.0. The van der Waals surface area contributed by atoms with Crippen molar-refractivity contribution < 1.29 is 9.32 Å². The van der Waals surface area contributed by atoms with E-state index in [9.17, 15) is 4.79 Å². The zero-order valence-corrected chi connectivity index (χ0v) is 14.9. The van der Waals surface area contributed by atoms with Gasteiger partial charge in [0.1, 0.15) is 0 Å². The average molecular weight is 376 g/mol. The van der Waals surface area contributed by atoms with Gasteiger partial charge < -0.3 is 9.84 Å². The van der Waals surface area contributed by atoms with Crippen LogP contribution in [0.25, 0.3) is 11.4 Å². The maximum Gasteiger partial charge on any atom is 0.227 e. The zero-order valence-electron chi connectivity index (χ0n) is 13.4. The fraction of sp³-hybridized carbons (Fsp3) is 0.167. The van der Waals surface area contributed by atoms with E-state index in [0.717, 1.165) is 11.1 Å². The third-order valence-electron chi connectivity index (χ3n) is 3.51. The van der Waals surface area contributed by atoms with Gasteiger partial charge >= 0.3 is 0 Å². The second-order valence-corrected chi connectivity index (χ2v) is 6.37. The maximum atomic E-state index is 12.0. The molecule has 7 heteroatoms. The molecule has 5 nitrogen and oxygen atoms in total. The van der Waals surface area contributed by atoms with Crippen LogP contribution < -0.4 is 5.32 Å². The Morgan fingerprint density at radius 1 is 1.16 bits per heavy atom. The Hall–Kier alpha value is -2.37. The van der Waals surface area contributed by atoms with Gasteiger partial charge in [0.05, 0.1) is 10.0 Å². The molecule has 128 valence electrons. The average Bonchev–Trinajstić information content (AvgIpc) is 3.05. The monoisotopic (exact) mass is 375 g/mol. The smallest absolute Gasteiger partial charge is 0.227 e. The van der Waals surface area contributed by atoms with Gasteiger partial charge in [-0.05, 0) is 31.2 Å². The summed E-state index contributed by atoms with van der Waals surface area (Å²) in [4.78, 5) is 16.4. The van der Waals surface area contributed by atoms with Crippen molar-refractivity contribution in [2.45, 2.75) is 19.8 Å². The molecule has 0 fully saturated rings. The predicted molar refractivity (Wildman–Crippen MR) is 97.9 cm³/mol. The van der Waals surface area contributed by atoms with Gasteiger partial charge in [-0.3, -0.25) is 4.79 Å². The third-order valence-corrected chi connectivity index (χ3v) is 4.25. The van der Waals surface area contributed by atoms with Crippen molar-refractivity contribution in [1.82, 2.24) is 10.1 Å². The number of nitrogens with zero attached hydrogens (tertiary/aromatic N) is 2. The number of benzene rings is 2. The largest absolute Gasteiger partial charge is 0.339 e. The molecule has 1 heterocycles. The van der Waals surface area contributed by atoms with Gasteiger partial charge in [-0.25, -0.2) is 0 Å². The fourth-order valence-corrected chi connectivity index (χ4v) is 2.57. The molecule has 2 aromatic carbocycles. The number of hydrogen-bond acceptors (Lipinski definition) is 4. The number of rotatable bonds is 5. The van der Waals surface area contributed by atoms with Crippen LogP contribution in [0.1, 0.15) is 17.9 Å². The summed E-state index contributed by atoms with van der Waals surface area (Å²) in [7, 11) is 0. The van der Waals surface area contributed by atoms with E-state index in [0.29, 0.717) is 33.9 Å². The van der Waals surface area contributed by atoms with Crippen LogP contribution in [0.5, 0.6) is 0 Å². The Labute approximate surface area is 155 Å². The number of carbonyl (C=O) groups excluding carboxylic acids is 1. The lowest BCUT2D eigenvalue weighted by molar-refractivity contribution is -0.116. The molecular weight excluding hydrogens is 361 g/mol. The molecule has 25 heavy (non-hydrogen) atoms. The molecule has 0 saturated heterocycles. The molecule has 0 aliphatic carbocycles. The van der Waals surface area contributed by atoms with Crippen molar-refractivity contribution in [1.29, 1.82) is 0 Å². The molecule has 0 bridgehead atoms. The Kier molecular flexibility index (Phi) is 5.36. The van der Waals surface area contributed by atoms with Crippen LogP contribution in [0.4, 0.5) is 5.69 Å². The van der Waals surface area contributed by atoms with E-state index < -0.39 is 0 Å². The van der Waals surface area contributed by atoms with Crippen molar-refractivity contribution in [2.24, 2.45) is 0 Å². The van der Waals surface area contributed by atoms with Gasteiger partial charge in [-0.2, -0.15) is 4.98 Å². The first-order chi connectivity index (χ1) is 12.0. The summed E-state index contributed by atoms with van der Waals surface area (Å²) >= 11 is 11.8. The number of aryl methyl sites for hydroxylation is 2. The van der Waals surface area contributed by atoms with Crippen molar-refractivity contribution >= 4 is 34.8 Å². The van der Waals surface area contributed by atoms with Crippen LogP contribution in [0.15, 0.2) is 47.0 Å². The van der Waals surface area contributed by atoms with Crippen molar-refractivity contribution in [3.63, 3.8) is 0 Å². The number of amides is 1. The highest BCUT2D eigenvalue weighted by Gasteiger charge is 2.11. The summed E-state index contributed by atoms with van der Waals surface area (Å²) in [6.45, 7) is 2.00. The first kappa shape index (κ1) is 17.5. The van der Waals surface area contributed by atoms with Gasteiger partial charge in [-0.15, -0.1) is 0 Å². The number of aromatic nitrogens is 2. The predicted octanol–water partition coefficient (Wildman–Crippen LogP) is 4.92. The summed E-state index contributed by atoms with van der Waals surface area (Å²) in [5.74, 6) is 0.762. The van der Waals surface area contributed by atoms with Crippen LogP contribution in [-0.2, 0) is 11.2 Å². The van der Waals surface area contributed by atoms with E-state index in [2.05, 4.69) is 15.5 Å².